The molecule has 0 bridgehead atoms. The number of ketones is 1. The summed E-state index contributed by atoms with van der Waals surface area (Å²) in [5.74, 6) is 0.0208. The SMILES string of the molecule is CCCC(=O)c1ccc(S(=O)(=O)Cc2ccccc2C)cc1. The molecule has 2 aromatic carbocycles. The lowest BCUT2D eigenvalue weighted by Gasteiger charge is -2.08. The molecule has 0 spiro atoms. The van der Waals surface area contributed by atoms with Crippen molar-refractivity contribution in [2.45, 2.75) is 37.3 Å². The minimum atomic E-state index is -3.40. The van der Waals surface area contributed by atoms with E-state index in [1.54, 1.807) is 12.1 Å². The molecule has 0 aliphatic rings. The molecule has 3 nitrogen and oxygen atoms in total. The highest BCUT2D eigenvalue weighted by molar-refractivity contribution is 7.90. The molecule has 116 valence electrons. The summed E-state index contributed by atoms with van der Waals surface area (Å²) >= 11 is 0. The predicted octanol–water partition coefficient (Wildman–Crippen LogP) is 3.95. The van der Waals surface area contributed by atoms with Crippen LogP contribution < -0.4 is 0 Å². The average molecular weight is 316 g/mol. The van der Waals surface area contributed by atoms with Crippen LogP contribution >= 0.6 is 0 Å². The Labute approximate surface area is 131 Å². The highest BCUT2D eigenvalue weighted by atomic mass is 32.2. The Hall–Kier alpha value is -1.94. The molecule has 2 rings (SSSR count). The van der Waals surface area contributed by atoms with Crippen molar-refractivity contribution in [3.8, 4) is 0 Å². The van der Waals surface area contributed by atoms with Gasteiger partial charge in [0.25, 0.3) is 0 Å². The van der Waals surface area contributed by atoms with E-state index in [0.717, 1.165) is 17.5 Å². The summed E-state index contributed by atoms with van der Waals surface area (Å²) < 4.78 is 25.0. The maximum absolute atomic E-state index is 12.5. The minimum absolute atomic E-state index is 0.0259. The van der Waals surface area contributed by atoms with Gasteiger partial charge in [-0.15, -0.1) is 0 Å². The average Bonchev–Trinajstić information content (AvgIpc) is 2.50. The van der Waals surface area contributed by atoms with Gasteiger partial charge >= 0.3 is 0 Å². The van der Waals surface area contributed by atoms with Gasteiger partial charge in [0.1, 0.15) is 0 Å². The van der Waals surface area contributed by atoms with E-state index >= 15 is 0 Å². The van der Waals surface area contributed by atoms with E-state index in [-0.39, 0.29) is 16.4 Å². The second-order valence-electron chi connectivity index (χ2n) is 5.38. The van der Waals surface area contributed by atoms with Gasteiger partial charge in [-0.1, -0.05) is 43.3 Å². The van der Waals surface area contributed by atoms with Crippen molar-refractivity contribution >= 4 is 15.6 Å². The first-order chi connectivity index (χ1) is 10.4. The Balaban J connectivity index is 2.23. The van der Waals surface area contributed by atoms with Crippen LogP contribution in [0, 0.1) is 6.92 Å². The summed E-state index contributed by atoms with van der Waals surface area (Å²) in [5.41, 5.74) is 2.33. The normalized spacial score (nSPS) is 11.4. The van der Waals surface area contributed by atoms with Crippen molar-refractivity contribution in [3.05, 3.63) is 65.2 Å². The summed E-state index contributed by atoms with van der Waals surface area (Å²) in [7, 11) is -3.40. The zero-order chi connectivity index (χ0) is 16.2. The largest absolute Gasteiger partial charge is 0.294 e. The second-order valence-corrected chi connectivity index (χ2v) is 7.37. The number of sulfone groups is 1. The van der Waals surface area contributed by atoms with Gasteiger partial charge in [0.05, 0.1) is 10.6 Å². The number of hydrogen-bond donors (Lipinski definition) is 0. The van der Waals surface area contributed by atoms with Gasteiger partial charge in [0, 0.05) is 12.0 Å². The van der Waals surface area contributed by atoms with Crippen molar-refractivity contribution in [1.29, 1.82) is 0 Å². The molecule has 0 atom stereocenters. The van der Waals surface area contributed by atoms with Crippen LogP contribution in [0.2, 0.25) is 0 Å². The molecule has 0 saturated carbocycles. The minimum Gasteiger partial charge on any atom is -0.294 e. The van der Waals surface area contributed by atoms with Crippen LogP contribution in [0.1, 0.15) is 41.3 Å². The first kappa shape index (κ1) is 16.4. The van der Waals surface area contributed by atoms with Gasteiger partial charge in [-0.25, -0.2) is 8.42 Å². The number of aryl methyl sites for hydroxylation is 1. The van der Waals surface area contributed by atoms with Gasteiger partial charge in [0.2, 0.25) is 0 Å². The highest BCUT2D eigenvalue weighted by Crippen LogP contribution is 2.19. The van der Waals surface area contributed by atoms with Crippen molar-refractivity contribution in [1.82, 2.24) is 0 Å². The summed E-state index contributed by atoms with van der Waals surface area (Å²) in [6.45, 7) is 3.84. The fourth-order valence-electron chi connectivity index (χ4n) is 2.28. The van der Waals surface area contributed by atoms with Crippen molar-refractivity contribution in [3.63, 3.8) is 0 Å². The van der Waals surface area contributed by atoms with Crippen LogP contribution in [-0.4, -0.2) is 14.2 Å². The quantitative estimate of drug-likeness (QED) is 0.758. The smallest absolute Gasteiger partial charge is 0.182 e. The van der Waals surface area contributed by atoms with Gasteiger partial charge in [-0.2, -0.15) is 0 Å². The zero-order valence-electron chi connectivity index (χ0n) is 12.9. The molecule has 2 aromatic rings. The Kier molecular flexibility index (Phi) is 5.14. The molecule has 0 aliphatic heterocycles. The molecule has 0 N–H and O–H groups in total. The number of rotatable bonds is 6. The summed E-state index contributed by atoms with van der Waals surface area (Å²) in [5, 5.41) is 0. The monoisotopic (exact) mass is 316 g/mol. The Morgan fingerprint density at radius 1 is 1.00 bits per heavy atom. The fraction of sp³-hybridized carbons (Fsp3) is 0.278. The Morgan fingerprint density at radius 3 is 2.23 bits per heavy atom. The summed E-state index contributed by atoms with van der Waals surface area (Å²) in [6, 6.07) is 13.7. The van der Waals surface area contributed by atoms with E-state index in [1.807, 2.05) is 38.1 Å². The third-order valence-electron chi connectivity index (χ3n) is 3.62. The first-order valence-electron chi connectivity index (χ1n) is 7.34. The zero-order valence-corrected chi connectivity index (χ0v) is 13.7. The maximum atomic E-state index is 12.5. The molecule has 0 heterocycles. The maximum Gasteiger partial charge on any atom is 0.182 e. The van der Waals surface area contributed by atoms with Crippen LogP contribution in [0.3, 0.4) is 0 Å². The van der Waals surface area contributed by atoms with E-state index in [2.05, 4.69) is 0 Å². The molecule has 4 heteroatoms. The number of Topliss-reactive ketones (excluding diaryl/α,β-unsaturated/α-hetero) is 1. The first-order valence-corrected chi connectivity index (χ1v) is 9.00. The van der Waals surface area contributed by atoms with E-state index in [0.29, 0.717) is 12.0 Å². The molecular weight excluding hydrogens is 296 g/mol. The summed E-state index contributed by atoms with van der Waals surface area (Å²) in [6.07, 6.45) is 1.27. The van der Waals surface area contributed by atoms with Crippen molar-refractivity contribution < 1.29 is 13.2 Å². The standard InChI is InChI=1S/C18H20O3S/c1-3-6-18(19)15-9-11-17(12-10-15)22(20,21)13-16-8-5-4-7-14(16)2/h4-5,7-12H,3,6,13H2,1-2H3. The molecule has 0 fully saturated rings. The van der Waals surface area contributed by atoms with Crippen LogP contribution in [-0.2, 0) is 15.6 Å². The molecule has 0 amide bonds. The van der Waals surface area contributed by atoms with Crippen LogP contribution in [0.4, 0.5) is 0 Å². The lowest BCUT2D eigenvalue weighted by Crippen LogP contribution is -2.07. The molecule has 0 aromatic heterocycles. The van der Waals surface area contributed by atoms with Crippen molar-refractivity contribution in [2.75, 3.05) is 0 Å². The van der Waals surface area contributed by atoms with E-state index in [4.69, 9.17) is 0 Å². The molecule has 0 radical (unpaired) electrons. The predicted molar refractivity (Wildman–Crippen MR) is 87.7 cm³/mol. The van der Waals surface area contributed by atoms with E-state index < -0.39 is 9.84 Å². The van der Waals surface area contributed by atoms with Crippen LogP contribution in [0.15, 0.2) is 53.4 Å². The summed E-state index contributed by atoms with van der Waals surface area (Å²) in [4.78, 5) is 12.0. The molecule has 0 unspecified atom stereocenters. The Morgan fingerprint density at radius 2 is 1.64 bits per heavy atom. The molecule has 22 heavy (non-hydrogen) atoms. The number of benzene rings is 2. The van der Waals surface area contributed by atoms with Gasteiger partial charge in [0.15, 0.2) is 15.6 Å². The molecule has 0 saturated heterocycles. The fourth-order valence-corrected chi connectivity index (χ4v) is 3.73. The topological polar surface area (TPSA) is 51.2 Å². The van der Waals surface area contributed by atoms with Gasteiger partial charge in [-0.05, 0) is 36.6 Å². The van der Waals surface area contributed by atoms with Crippen molar-refractivity contribution in [2.24, 2.45) is 0 Å². The third-order valence-corrected chi connectivity index (χ3v) is 5.30. The van der Waals surface area contributed by atoms with E-state index in [9.17, 15) is 13.2 Å². The highest BCUT2D eigenvalue weighted by Gasteiger charge is 2.17. The van der Waals surface area contributed by atoms with E-state index in [1.165, 1.54) is 12.1 Å². The van der Waals surface area contributed by atoms with Crippen LogP contribution in [0.25, 0.3) is 0 Å². The number of hydrogen-bond acceptors (Lipinski definition) is 3. The lowest BCUT2D eigenvalue weighted by molar-refractivity contribution is 0.0981. The molecular formula is C18H20O3S. The van der Waals surface area contributed by atoms with Crippen LogP contribution in [0.5, 0.6) is 0 Å². The molecule has 0 aliphatic carbocycles. The Bertz CT molecular complexity index is 759. The number of carbonyl (C=O) groups excluding carboxylic acids is 1. The third kappa shape index (κ3) is 3.83. The lowest BCUT2D eigenvalue weighted by atomic mass is 10.1. The van der Waals surface area contributed by atoms with Gasteiger partial charge < -0.3 is 0 Å². The number of carbonyl (C=O) groups is 1. The van der Waals surface area contributed by atoms with Gasteiger partial charge in [-0.3, -0.25) is 4.79 Å². The second kappa shape index (κ2) is 6.88.